The van der Waals surface area contributed by atoms with E-state index in [0.717, 1.165) is 10.9 Å². The van der Waals surface area contributed by atoms with Gasteiger partial charge in [-0.3, -0.25) is 4.57 Å². The molecule has 0 N–H and O–H groups in total. The molecule has 0 aliphatic heterocycles. The fraction of sp³-hybridized carbons (Fsp3) is 0.143. The quantitative estimate of drug-likeness (QED) is 0.297. The SMILES string of the molecule is [2H]C([2H])([2H])c1ccc2c(n1)oc1c(-c3nc4ccccc4n3-c3ccccc3C([2H])(C)C([2H])([2H])[2H])cccc12. The Morgan fingerprint density at radius 3 is 2.69 bits per heavy atom. The molecule has 4 heteroatoms. The molecular formula is C28H23N3O. The first kappa shape index (κ1) is 12.8. The average Bonchev–Trinajstić information content (AvgIpc) is 3.45. The van der Waals surface area contributed by atoms with Gasteiger partial charge in [-0.05, 0) is 54.7 Å². The Balaban J connectivity index is 1.68. The van der Waals surface area contributed by atoms with Crippen LogP contribution >= 0.6 is 0 Å². The van der Waals surface area contributed by atoms with Crippen LogP contribution in [0.2, 0.25) is 0 Å². The minimum absolute atomic E-state index is 0.0591. The van der Waals surface area contributed by atoms with E-state index in [1.54, 1.807) is 30.3 Å². The van der Waals surface area contributed by atoms with Gasteiger partial charge in [0, 0.05) is 26.1 Å². The van der Waals surface area contributed by atoms with Gasteiger partial charge in [-0.2, -0.15) is 0 Å². The molecule has 6 aromatic rings. The summed E-state index contributed by atoms with van der Waals surface area (Å²) in [6.45, 7) is -3.56. The van der Waals surface area contributed by atoms with Crippen molar-refractivity contribution in [2.45, 2.75) is 26.5 Å². The number of aryl methyl sites for hydroxylation is 1. The number of para-hydroxylation sites is 4. The van der Waals surface area contributed by atoms with Crippen molar-refractivity contribution in [1.29, 1.82) is 0 Å². The van der Waals surface area contributed by atoms with Crippen LogP contribution in [0.1, 0.15) is 40.5 Å². The highest BCUT2D eigenvalue weighted by molar-refractivity contribution is 6.08. The predicted molar refractivity (Wildman–Crippen MR) is 130 cm³/mol. The van der Waals surface area contributed by atoms with Crippen LogP contribution < -0.4 is 0 Å². The molecule has 0 aliphatic rings. The van der Waals surface area contributed by atoms with Crippen LogP contribution in [0.4, 0.5) is 0 Å². The number of hydrogen-bond acceptors (Lipinski definition) is 3. The monoisotopic (exact) mass is 424 g/mol. The van der Waals surface area contributed by atoms with Gasteiger partial charge in [0.1, 0.15) is 11.4 Å². The summed E-state index contributed by atoms with van der Waals surface area (Å²) in [5.41, 5.74) is 3.50. The average molecular weight is 425 g/mol. The lowest BCUT2D eigenvalue weighted by Crippen LogP contribution is -2.03. The number of nitrogens with zero attached hydrogens (tertiary/aromatic N) is 3. The number of pyridine rings is 1. The van der Waals surface area contributed by atoms with Crippen molar-refractivity contribution in [2.75, 3.05) is 0 Å². The van der Waals surface area contributed by atoms with E-state index in [-0.39, 0.29) is 11.4 Å². The molecule has 156 valence electrons. The highest BCUT2D eigenvalue weighted by atomic mass is 16.3. The molecule has 0 aliphatic carbocycles. The van der Waals surface area contributed by atoms with Gasteiger partial charge in [0.05, 0.1) is 22.3 Å². The van der Waals surface area contributed by atoms with Crippen molar-refractivity contribution in [3.05, 3.63) is 90.1 Å². The minimum Gasteiger partial charge on any atom is -0.437 e. The molecule has 0 spiro atoms. The first-order chi connectivity index (χ1) is 18.4. The second kappa shape index (κ2) is 7.06. The zero-order valence-electron chi connectivity index (χ0n) is 24.3. The second-order valence-corrected chi connectivity index (χ2v) is 7.74. The van der Waals surface area contributed by atoms with Crippen LogP contribution in [-0.4, -0.2) is 14.5 Å². The highest BCUT2D eigenvalue weighted by Crippen LogP contribution is 2.38. The van der Waals surface area contributed by atoms with E-state index >= 15 is 0 Å². The summed E-state index contributed by atoms with van der Waals surface area (Å²) in [6, 6.07) is 23.2. The summed E-state index contributed by atoms with van der Waals surface area (Å²) in [6.07, 6.45) is 0. The Bertz CT molecular complexity index is 1880. The molecular weight excluding hydrogens is 394 g/mol. The minimum atomic E-state index is -2.58. The van der Waals surface area contributed by atoms with E-state index in [2.05, 4.69) is 4.98 Å². The summed E-state index contributed by atoms with van der Waals surface area (Å²) in [5.74, 6) is -1.40. The third-order valence-electron chi connectivity index (χ3n) is 5.71. The molecule has 3 aromatic carbocycles. The van der Waals surface area contributed by atoms with E-state index in [0.29, 0.717) is 39.1 Å². The fourth-order valence-corrected chi connectivity index (χ4v) is 4.29. The summed E-state index contributed by atoms with van der Waals surface area (Å²) in [4.78, 5) is 9.18. The van der Waals surface area contributed by atoms with Gasteiger partial charge in [-0.15, -0.1) is 0 Å². The Labute approximate surface area is 196 Å². The summed E-state index contributed by atoms with van der Waals surface area (Å²) in [5, 5.41) is 1.41. The summed E-state index contributed by atoms with van der Waals surface area (Å²) >= 11 is 0. The Morgan fingerprint density at radius 2 is 1.78 bits per heavy atom. The molecule has 0 amide bonds. The van der Waals surface area contributed by atoms with Crippen molar-refractivity contribution in [3.63, 3.8) is 0 Å². The zero-order chi connectivity index (χ0) is 27.7. The maximum Gasteiger partial charge on any atom is 0.227 e. The first-order valence-electron chi connectivity index (χ1n) is 13.8. The molecule has 6 rings (SSSR count). The molecule has 0 saturated carbocycles. The van der Waals surface area contributed by atoms with Crippen LogP contribution in [0.5, 0.6) is 0 Å². The third-order valence-corrected chi connectivity index (χ3v) is 5.71. The lowest BCUT2D eigenvalue weighted by Gasteiger charge is -2.16. The largest absolute Gasteiger partial charge is 0.437 e. The van der Waals surface area contributed by atoms with Crippen molar-refractivity contribution < 1.29 is 14.0 Å². The second-order valence-electron chi connectivity index (χ2n) is 7.74. The maximum absolute atomic E-state index is 8.85. The zero-order valence-corrected chi connectivity index (χ0v) is 17.3. The Kier molecular flexibility index (Phi) is 2.83. The van der Waals surface area contributed by atoms with Gasteiger partial charge in [-0.25, -0.2) is 9.97 Å². The number of benzene rings is 3. The van der Waals surface area contributed by atoms with E-state index in [9.17, 15) is 0 Å². The lowest BCUT2D eigenvalue weighted by molar-refractivity contribution is 0.653. The first-order valence-corrected chi connectivity index (χ1v) is 10.3. The van der Waals surface area contributed by atoms with Crippen molar-refractivity contribution in [2.24, 2.45) is 0 Å². The van der Waals surface area contributed by atoms with Crippen LogP contribution in [0.15, 0.2) is 83.3 Å². The number of imidazole rings is 1. The molecule has 32 heavy (non-hydrogen) atoms. The van der Waals surface area contributed by atoms with Gasteiger partial charge in [-0.1, -0.05) is 56.2 Å². The molecule has 4 nitrogen and oxygen atoms in total. The molecule has 1 unspecified atom stereocenters. The van der Waals surface area contributed by atoms with E-state index in [1.165, 1.54) is 13.0 Å². The molecule has 3 heterocycles. The third kappa shape index (κ3) is 2.76. The summed E-state index contributed by atoms with van der Waals surface area (Å²) < 4.78 is 64.2. The molecule has 1 atom stereocenters. The van der Waals surface area contributed by atoms with Gasteiger partial charge in [0.25, 0.3) is 0 Å². The van der Waals surface area contributed by atoms with Crippen molar-refractivity contribution >= 4 is 33.1 Å². The van der Waals surface area contributed by atoms with E-state index in [1.807, 2.05) is 47.0 Å². The fourth-order valence-electron chi connectivity index (χ4n) is 4.29. The van der Waals surface area contributed by atoms with Crippen LogP contribution in [0.25, 0.3) is 50.2 Å². The van der Waals surface area contributed by atoms with E-state index < -0.39 is 19.6 Å². The molecule has 0 bridgehead atoms. The summed E-state index contributed by atoms with van der Waals surface area (Å²) in [7, 11) is 0. The van der Waals surface area contributed by atoms with Crippen LogP contribution in [0.3, 0.4) is 0 Å². The molecule has 3 aromatic heterocycles. The standard InChI is InChI=1S/C28H23N3O/c1-17(2)19-9-4-6-13-24(19)31-25-14-7-5-12-23(25)30-27(31)22-11-8-10-20-21-16-15-18(3)29-28(21)32-26(20)22/h4-17H,1-3H3/i1D3,3D3,17D. The highest BCUT2D eigenvalue weighted by Gasteiger charge is 2.21. The van der Waals surface area contributed by atoms with Crippen molar-refractivity contribution in [1.82, 2.24) is 14.5 Å². The number of fused-ring (bicyclic) bond motifs is 4. The number of rotatable bonds is 3. The molecule has 0 saturated heterocycles. The molecule has 0 radical (unpaired) electrons. The van der Waals surface area contributed by atoms with Gasteiger partial charge < -0.3 is 4.42 Å². The number of furan rings is 1. The van der Waals surface area contributed by atoms with Gasteiger partial charge in [0.2, 0.25) is 5.71 Å². The Hall–Kier alpha value is -3.92. The topological polar surface area (TPSA) is 43.9 Å². The predicted octanol–water partition coefficient (Wildman–Crippen LogP) is 7.42. The van der Waals surface area contributed by atoms with Gasteiger partial charge >= 0.3 is 0 Å². The van der Waals surface area contributed by atoms with Crippen LogP contribution in [0, 0.1) is 6.85 Å². The number of aromatic nitrogens is 3. The Morgan fingerprint density at radius 1 is 0.906 bits per heavy atom. The van der Waals surface area contributed by atoms with Crippen molar-refractivity contribution in [3.8, 4) is 17.1 Å². The smallest absolute Gasteiger partial charge is 0.227 e. The number of hydrogen-bond donors (Lipinski definition) is 0. The van der Waals surface area contributed by atoms with E-state index in [4.69, 9.17) is 19.0 Å². The normalized spacial score (nSPS) is 17.7. The molecule has 0 fully saturated rings. The lowest BCUT2D eigenvalue weighted by atomic mass is 10.0. The maximum atomic E-state index is 8.85. The van der Waals surface area contributed by atoms with Crippen LogP contribution in [-0.2, 0) is 0 Å². The van der Waals surface area contributed by atoms with Gasteiger partial charge in [0.15, 0.2) is 0 Å².